The first-order valence-electron chi connectivity index (χ1n) is 4.76. The van der Waals surface area contributed by atoms with Gasteiger partial charge in [0.1, 0.15) is 0 Å². The predicted octanol–water partition coefficient (Wildman–Crippen LogP) is 1.65. The Morgan fingerprint density at radius 3 is 2.15 bits per heavy atom. The summed E-state index contributed by atoms with van der Waals surface area (Å²) in [4.78, 5) is 10.9. The second-order valence-electron chi connectivity index (χ2n) is 4.80. The molecule has 0 aromatic heterocycles. The van der Waals surface area contributed by atoms with E-state index >= 15 is 0 Å². The fraction of sp³-hybridized carbons (Fsp3) is 0.900. The molecule has 0 spiro atoms. The van der Waals surface area contributed by atoms with Crippen LogP contribution in [0.2, 0.25) is 0 Å². The van der Waals surface area contributed by atoms with Crippen LogP contribution in [0.15, 0.2) is 0 Å². The van der Waals surface area contributed by atoms with Crippen LogP contribution in [-0.4, -0.2) is 21.8 Å². The van der Waals surface area contributed by atoms with Crippen molar-refractivity contribution < 1.29 is 15.0 Å². The van der Waals surface area contributed by atoms with Gasteiger partial charge in [0.15, 0.2) is 0 Å². The van der Waals surface area contributed by atoms with Gasteiger partial charge in [-0.25, -0.2) is 0 Å². The van der Waals surface area contributed by atoms with Gasteiger partial charge >= 0.3 is 5.97 Å². The molecule has 0 bridgehead atoms. The lowest BCUT2D eigenvalue weighted by Crippen LogP contribution is -2.35. The number of aliphatic carboxylic acids is 1. The third-order valence-electron chi connectivity index (χ3n) is 3.40. The molecule has 0 saturated heterocycles. The molecule has 1 aliphatic rings. The van der Waals surface area contributed by atoms with Gasteiger partial charge in [0, 0.05) is 0 Å². The molecule has 1 fully saturated rings. The highest BCUT2D eigenvalue weighted by Crippen LogP contribution is 2.47. The molecule has 0 amide bonds. The molecule has 76 valence electrons. The van der Waals surface area contributed by atoms with Crippen molar-refractivity contribution in [2.75, 3.05) is 0 Å². The molecule has 0 aromatic rings. The normalized spacial score (nSPS) is 39.8. The van der Waals surface area contributed by atoms with Gasteiger partial charge in [0.05, 0.1) is 11.0 Å². The highest BCUT2D eigenvalue weighted by atomic mass is 16.4. The monoisotopic (exact) mass is 186 g/mol. The van der Waals surface area contributed by atoms with Crippen molar-refractivity contribution >= 4 is 5.97 Å². The van der Waals surface area contributed by atoms with E-state index in [4.69, 9.17) is 5.11 Å². The Morgan fingerprint density at radius 1 is 1.38 bits per heavy atom. The van der Waals surface area contributed by atoms with Crippen LogP contribution < -0.4 is 0 Å². The Labute approximate surface area is 78.8 Å². The number of hydrogen-bond donors (Lipinski definition) is 2. The lowest BCUT2D eigenvalue weighted by Gasteiger charge is -2.28. The van der Waals surface area contributed by atoms with Gasteiger partial charge in [-0.15, -0.1) is 0 Å². The summed E-state index contributed by atoms with van der Waals surface area (Å²) in [6.45, 7) is 5.59. The second kappa shape index (κ2) is 2.98. The molecule has 1 saturated carbocycles. The molecular weight excluding hydrogens is 168 g/mol. The first-order chi connectivity index (χ1) is 5.80. The Hall–Kier alpha value is -0.570. The standard InChI is InChI=1S/C10H18O3/c1-7(2)10(13)5-4-9(3,6-10)8(11)12/h7,13H,4-6H2,1-3H3,(H,11,12)/t9-,10-/m0/s1. The van der Waals surface area contributed by atoms with Crippen LogP contribution in [0.1, 0.15) is 40.0 Å². The topological polar surface area (TPSA) is 57.5 Å². The lowest BCUT2D eigenvalue weighted by atomic mass is 9.82. The van der Waals surface area contributed by atoms with E-state index in [9.17, 15) is 9.90 Å². The number of rotatable bonds is 2. The highest BCUT2D eigenvalue weighted by Gasteiger charge is 2.50. The zero-order chi connectivity index (χ0) is 10.3. The summed E-state index contributed by atoms with van der Waals surface area (Å²) < 4.78 is 0. The third kappa shape index (κ3) is 1.70. The van der Waals surface area contributed by atoms with Gasteiger partial charge in [-0.05, 0) is 32.1 Å². The van der Waals surface area contributed by atoms with Crippen LogP contribution in [0, 0.1) is 11.3 Å². The van der Waals surface area contributed by atoms with Gasteiger partial charge in [-0.2, -0.15) is 0 Å². The molecular formula is C10H18O3. The van der Waals surface area contributed by atoms with Crippen molar-refractivity contribution in [2.24, 2.45) is 11.3 Å². The SMILES string of the molecule is CC(C)[C@]1(O)CC[C@](C)(C(=O)O)C1. The molecule has 2 N–H and O–H groups in total. The molecule has 1 rings (SSSR count). The van der Waals surface area contributed by atoms with E-state index in [1.165, 1.54) is 0 Å². The summed E-state index contributed by atoms with van der Waals surface area (Å²) >= 11 is 0. The summed E-state index contributed by atoms with van der Waals surface area (Å²) in [7, 11) is 0. The Morgan fingerprint density at radius 2 is 1.92 bits per heavy atom. The summed E-state index contributed by atoms with van der Waals surface area (Å²) in [5.74, 6) is -0.655. The number of hydrogen-bond acceptors (Lipinski definition) is 2. The molecule has 0 aliphatic heterocycles. The molecule has 1 aliphatic carbocycles. The van der Waals surface area contributed by atoms with Crippen LogP contribution >= 0.6 is 0 Å². The smallest absolute Gasteiger partial charge is 0.309 e. The molecule has 0 radical (unpaired) electrons. The van der Waals surface area contributed by atoms with Crippen molar-refractivity contribution in [1.82, 2.24) is 0 Å². The maximum atomic E-state index is 10.9. The van der Waals surface area contributed by atoms with Crippen molar-refractivity contribution in [3.63, 3.8) is 0 Å². The molecule has 0 aromatic carbocycles. The minimum absolute atomic E-state index is 0.133. The van der Waals surface area contributed by atoms with Crippen molar-refractivity contribution in [3.8, 4) is 0 Å². The van der Waals surface area contributed by atoms with E-state index in [0.29, 0.717) is 19.3 Å². The van der Waals surface area contributed by atoms with Gasteiger partial charge in [0.2, 0.25) is 0 Å². The minimum atomic E-state index is -0.788. The molecule has 0 unspecified atom stereocenters. The second-order valence-corrected chi connectivity index (χ2v) is 4.80. The van der Waals surface area contributed by atoms with E-state index in [2.05, 4.69) is 0 Å². The van der Waals surface area contributed by atoms with Crippen LogP contribution in [0.5, 0.6) is 0 Å². The maximum Gasteiger partial charge on any atom is 0.309 e. The Balaban J connectivity index is 2.79. The summed E-state index contributed by atoms with van der Waals surface area (Å²) in [5, 5.41) is 19.1. The van der Waals surface area contributed by atoms with Crippen LogP contribution in [0.4, 0.5) is 0 Å². The third-order valence-corrected chi connectivity index (χ3v) is 3.40. The van der Waals surface area contributed by atoms with Crippen LogP contribution in [-0.2, 0) is 4.79 Å². The summed E-state index contributed by atoms with van der Waals surface area (Å²) in [5.41, 5.74) is -1.49. The summed E-state index contributed by atoms with van der Waals surface area (Å²) in [6.07, 6.45) is 1.57. The Kier molecular flexibility index (Phi) is 2.41. The average Bonchev–Trinajstić information content (AvgIpc) is 2.30. The molecule has 2 atom stereocenters. The molecule has 0 heterocycles. The number of carboxylic acids is 1. The fourth-order valence-corrected chi connectivity index (χ4v) is 2.02. The zero-order valence-electron chi connectivity index (χ0n) is 8.50. The minimum Gasteiger partial charge on any atom is -0.481 e. The van der Waals surface area contributed by atoms with Gasteiger partial charge in [-0.1, -0.05) is 13.8 Å². The van der Waals surface area contributed by atoms with Gasteiger partial charge < -0.3 is 10.2 Å². The maximum absolute atomic E-state index is 10.9. The van der Waals surface area contributed by atoms with E-state index in [-0.39, 0.29) is 5.92 Å². The van der Waals surface area contributed by atoms with E-state index in [0.717, 1.165) is 0 Å². The van der Waals surface area contributed by atoms with Gasteiger partial charge in [0.25, 0.3) is 0 Å². The van der Waals surface area contributed by atoms with Crippen LogP contribution in [0.25, 0.3) is 0 Å². The van der Waals surface area contributed by atoms with Gasteiger partial charge in [-0.3, -0.25) is 4.79 Å². The lowest BCUT2D eigenvalue weighted by molar-refractivity contribution is -0.149. The van der Waals surface area contributed by atoms with E-state index in [1.807, 2.05) is 13.8 Å². The predicted molar refractivity (Wildman–Crippen MR) is 49.4 cm³/mol. The van der Waals surface area contributed by atoms with E-state index < -0.39 is 17.0 Å². The molecule has 3 heteroatoms. The molecule has 3 nitrogen and oxygen atoms in total. The molecule has 13 heavy (non-hydrogen) atoms. The average molecular weight is 186 g/mol. The Bertz CT molecular complexity index is 224. The largest absolute Gasteiger partial charge is 0.481 e. The fourth-order valence-electron chi connectivity index (χ4n) is 2.02. The number of carbonyl (C=O) groups is 1. The van der Waals surface area contributed by atoms with Crippen LogP contribution in [0.3, 0.4) is 0 Å². The summed E-state index contributed by atoms with van der Waals surface area (Å²) in [6, 6.07) is 0. The van der Waals surface area contributed by atoms with Crippen molar-refractivity contribution in [3.05, 3.63) is 0 Å². The van der Waals surface area contributed by atoms with E-state index in [1.54, 1.807) is 6.92 Å². The van der Waals surface area contributed by atoms with Crippen molar-refractivity contribution in [1.29, 1.82) is 0 Å². The number of carboxylic acid groups (broad SMARTS) is 1. The zero-order valence-corrected chi connectivity index (χ0v) is 8.50. The number of aliphatic hydroxyl groups is 1. The first kappa shape index (κ1) is 10.5. The first-order valence-corrected chi connectivity index (χ1v) is 4.76. The van der Waals surface area contributed by atoms with Crippen molar-refractivity contribution in [2.45, 2.75) is 45.6 Å². The highest BCUT2D eigenvalue weighted by molar-refractivity contribution is 5.74. The quantitative estimate of drug-likeness (QED) is 0.689.